The fraction of sp³-hybridized carbons (Fsp3) is 0.235. The summed E-state index contributed by atoms with van der Waals surface area (Å²) in [6, 6.07) is 15.1. The predicted molar refractivity (Wildman–Crippen MR) is 84.6 cm³/mol. The van der Waals surface area contributed by atoms with Crippen LogP contribution >= 0.6 is 11.6 Å². The summed E-state index contributed by atoms with van der Waals surface area (Å²) in [7, 11) is 0. The Morgan fingerprint density at radius 2 is 1.86 bits per heavy atom. The van der Waals surface area contributed by atoms with E-state index in [9.17, 15) is 4.79 Å². The van der Waals surface area contributed by atoms with Gasteiger partial charge in [0.1, 0.15) is 5.75 Å². The number of hydrogen-bond donors (Lipinski definition) is 1. The van der Waals surface area contributed by atoms with Crippen molar-refractivity contribution in [1.29, 1.82) is 0 Å². The average Bonchev–Trinajstić information content (AvgIpc) is 2.48. The van der Waals surface area contributed by atoms with Gasteiger partial charge in [-0.15, -0.1) is 0 Å². The van der Waals surface area contributed by atoms with Crippen molar-refractivity contribution in [2.75, 3.05) is 0 Å². The largest absolute Gasteiger partial charge is 0.481 e. The summed E-state index contributed by atoms with van der Waals surface area (Å²) in [5, 5.41) is 3.47. The Balaban J connectivity index is 1.91. The highest BCUT2D eigenvalue weighted by atomic mass is 35.5. The maximum absolute atomic E-state index is 12.1. The zero-order valence-corrected chi connectivity index (χ0v) is 12.9. The quantitative estimate of drug-likeness (QED) is 0.914. The summed E-state index contributed by atoms with van der Waals surface area (Å²) in [6.07, 6.45) is -0.561. The summed E-state index contributed by atoms with van der Waals surface area (Å²) in [5.41, 5.74) is 1.89. The van der Waals surface area contributed by atoms with Crippen molar-refractivity contribution >= 4 is 17.5 Å². The fourth-order valence-corrected chi connectivity index (χ4v) is 2.10. The van der Waals surface area contributed by atoms with E-state index in [1.54, 1.807) is 13.0 Å². The van der Waals surface area contributed by atoms with Crippen LogP contribution < -0.4 is 10.1 Å². The fourth-order valence-electron chi connectivity index (χ4n) is 1.90. The second-order valence-corrected chi connectivity index (χ2v) is 5.24. The van der Waals surface area contributed by atoms with E-state index in [2.05, 4.69) is 5.32 Å². The van der Waals surface area contributed by atoms with E-state index in [1.807, 2.05) is 49.4 Å². The summed E-state index contributed by atoms with van der Waals surface area (Å²) in [6.45, 7) is 4.07. The van der Waals surface area contributed by atoms with Crippen molar-refractivity contribution < 1.29 is 9.53 Å². The molecule has 110 valence electrons. The third kappa shape index (κ3) is 4.23. The number of carbonyl (C=O) groups excluding carboxylic acids is 1. The molecular weight excluding hydrogens is 286 g/mol. The molecule has 1 amide bonds. The first-order valence-corrected chi connectivity index (χ1v) is 7.19. The first kappa shape index (κ1) is 15.4. The molecule has 0 aliphatic rings. The average molecular weight is 304 g/mol. The molecule has 4 heteroatoms. The maximum Gasteiger partial charge on any atom is 0.261 e. The molecule has 0 aliphatic carbocycles. The van der Waals surface area contributed by atoms with Crippen LogP contribution in [0.2, 0.25) is 5.02 Å². The molecule has 0 saturated carbocycles. The number of ether oxygens (including phenoxy) is 1. The molecule has 2 aromatic carbocycles. The van der Waals surface area contributed by atoms with Crippen LogP contribution in [0.3, 0.4) is 0 Å². The van der Waals surface area contributed by atoms with Crippen LogP contribution in [0.4, 0.5) is 0 Å². The number of carbonyl (C=O) groups is 1. The van der Waals surface area contributed by atoms with E-state index in [1.165, 1.54) is 0 Å². The Morgan fingerprint density at radius 1 is 1.19 bits per heavy atom. The molecule has 1 unspecified atom stereocenters. The van der Waals surface area contributed by atoms with Crippen molar-refractivity contribution in [2.45, 2.75) is 26.5 Å². The molecule has 2 aromatic rings. The van der Waals surface area contributed by atoms with Crippen LogP contribution in [0.5, 0.6) is 5.75 Å². The van der Waals surface area contributed by atoms with Crippen LogP contribution in [0.1, 0.15) is 18.1 Å². The Labute approximate surface area is 129 Å². The van der Waals surface area contributed by atoms with Crippen LogP contribution in [0.25, 0.3) is 0 Å². The monoisotopic (exact) mass is 303 g/mol. The first-order valence-electron chi connectivity index (χ1n) is 6.81. The SMILES string of the molecule is Cc1ccccc1OC(C)C(=O)NCc1ccccc1Cl. The van der Waals surface area contributed by atoms with Crippen LogP contribution in [0, 0.1) is 6.92 Å². The van der Waals surface area contributed by atoms with E-state index in [4.69, 9.17) is 16.3 Å². The Hall–Kier alpha value is -2.00. The summed E-state index contributed by atoms with van der Waals surface area (Å²) in [5.74, 6) is 0.552. The number of hydrogen-bond acceptors (Lipinski definition) is 2. The number of halogens is 1. The van der Waals surface area contributed by atoms with Gasteiger partial charge >= 0.3 is 0 Å². The van der Waals surface area contributed by atoms with Crippen LogP contribution in [0.15, 0.2) is 48.5 Å². The lowest BCUT2D eigenvalue weighted by molar-refractivity contribution is -0.127. The normalized spacial score (nSPS) is 11.8. The van der Waals surface area contributed by atoms with Gasteiger partial charge in [0.15, 0.2) is 6.10 Å². The number of para-hydroxylation sites is 1. The topological polar surface area (TPSA) is 38.3 Å². The standard InChI is InChI=1S/C17H18ClNO2/c1-12-7-3-6-10-16(12)21-13(2)17(20)19-11-14-8-4-5-9-15(14)18/h3-10,13H,11H2,1-2H3,(H,19,20). The minimum atomic E-state index is -0.561. The number of rotatable bonds is 5. The molecule has 0 radical (unpaired) electrons. The molecule has 0 saturated heterocycles. The van der Waals surface area contributed by atoms with Crippen LogP contribution in [-0.2, 0) is 11.3 Å². The van der Waals surface area contributed by atoms with Gasteiger partial charge in [0, 0.05) is 11.6 Å². The maximum atomic E-state index is 12.1. The first-order chi connectivity index (χ1) is 10.1. The highest BCUT2D eigenvalue weighted by Gasteiger charge is 2.15. The van der Waals surface area contributed by atoms with E-state index in [-0.39, 0.29) is 5.91 Å². The van der Waals surface area contributed by atoms with Crippen molar-refractivity contribution in [3.05, 3.63) is 64.7 Å². The molecule has 1 atom stereocenters. The second kappa shape index (κ2) is 7.14. The minimum absolute atomic E-state index is 0.168. The summed E-state index contributed by atoms with van der Waals surface area (Å²) < 4.78 is 5.68. The number of benzene rings is 2. The molecule has 1 N–H and O–H groups in total. The highest BCUT2D eigenvalue weighted by Crippen LogP contribution is 2.18. The Morgan fingerprint density at radius 3 is 2.57 bits per heavy atom. The van der Waals surface area contributed by atoms with E-state index in [0.29, 0.717) is 11.6 Å². The number of aryl methyl sites for hydroxylation is 1. The van der Waals surface area contributed by atoms with Gasteiger partial charge < -0.3 is 10.1 Å². The van der Waals surface area contributed by atoms with Gasteiger partial charge in [-0.2, -0.15) is 0 Å². The lowest BCUT2D eigenvalue weighted by atomic mass is 10.2. The zero-order chi connectivity index (χ0) is 15.2. The van der Waals surface area contributed by atoms with Crippen molar-refractivity contribution in [1.82, 2.24) is 5.32 Å². The number of amides is 1. The van der Waals surface area contributed by atoms with Gasteiger partial charge in [-0.1, -0.05) is 48.0 Å². The minimum Gasteiger partial charge on any atom is -0.481 e. The molecule has 0 aliphatic heterocycles. The Bertz CT molecular complexity index is 628. The lowest BCUT2D eigenvalue weighted by Crippen LogP contribution is -2.36. The molecule has 21 heavy (non-hydrogen) atoms. The highest BCUT2D eigenvalue weighted by molar-refractivity contribution is 6.31. The van der Waals surface area contributed by atoms with Gasteiger partial charge in [0.25, 0.3) is 5.91 Å². The summed E-state index contributed by atoms with van der Waals surface area (Å²) in [4.78, 5) is 12.1. The molecule has 0 heterocycles. The molecular formula is C17H18ClNO2. The third-order valence-corrected chi connectivity index (χ3v) is 3.55. The van der Waals surface area contributed by atoms with Gasteiger partial charge in [0.2, 0.25) is 0 Å². The van der Waals surface area contributed by atoms with Crippen molar-refractivity contribution in [2.24, 2.45) is 0 Å². The molecule has 0 bridgehead atoms. The predicted octanol–water partition coefficient (Wildman–Crippen LogP) is 3.73. The molecule has 0 aromatic heterocycles. The van der Waals surface area contributed by atoms with Crippen molar-refractivity contribution in [3.8, 4) is 5.75 Å². The lowest BCUT2D eigenvalue weighted by Gasteiger charge is -2.16. The number of nitrogens with one attached hydrogen (secondary N) is 1. The van der Waals surface area contributed by atoms with Crippen LogP contribution in [-0.4, -0.2) is 12.0 Å². The zero-order valence-electron chi connectivity index (χ0n) is 12.1. The summed E-state index contributed by atoms with van der Waals surface area (Å²) >= 11 is 6.06. The van der Waals surface area contributed by atoms with Gasteiger partial charge in [-0.05, 0) is 37.1 Å². The third-order valence-electron chi connectivity index (χ3n) is 3.18. The Kier molecular flexibility index (Phi) is 5.23. The van der Waals surface area contributed by atoms with E-state index in [0.717, 1.165) is 16.9 Å². The van der Waals surface area contributed by atoms with Gasteiger partial charge in [-0.25, -0.2) is 0 Å². The molecule has 0 spiro atoms. The van der Waals surface area contributed by atoms with Gasteiger partial charge in [0.05, 0.1) is 0 Å². The van der Waals surface area contributed by atoms with Gasteiger partial charge in [-0.3, -0.25) is 4.79 Å². The smallest absolute Gasteiger partial charge is 0.261 e. The molecule has 0 fully saturated rings. The van der Waals surface area contributed by atoms with E-state index >= 15 is 0 Å². The molecule has 3 nitrogen and oxygen atoms in total. The van der Waals surface area contributed by atoms with E-state index < -0.39 is 6.10 Å². The molecule has 2 rings (SSSR count). The van der Waals surface area contributed by atoms with Crippen molar-refractivity contribution in [3.63, 3.8) is 0 Å². The second-order valence-electron chi connectivity index (χ2n) is 4.83.